The highest BCUT2D eigenvalue weighted by Gasteiger charge is 2.23. The molecule has 1 aliphatic heterocycles. The van der Waals surface area contributed by atoms with E-state index in [4.69, 9.17) is 0 Å². The number of nitrogens with one attached hydrogen (secondary N) is 1. The molecule has 1 saturated heterocycles. The molecule has 1 N–H and O–H groups in total. The number of benzene rings is 2. The molecule has 0 aliphatic carbocycles. The van der Waals surface area contributed by atoms with E-state index in [2.05, 4.69) is 17.4 Å². The summed E-state index contributed by atoms with van der Waals surface area (Å²) in [6, 6.07) is 18.6. The number of piperidine rings is 1. The van der Waals surface area contributed by atoms with E-state index in [9.17, 15) is 4.79 Å². The Bertz CT molecular complexity index is 628. The van der Waals surface area contributed by atoms with Crippen LogP contribution in [0.25, 0.3) is 11.1 Å². The van der Waals surface area contributed by atoms with Crippen molar-refractivity contribution in [3.05, 3.63) is 60.2 Å². The zero-order valence-corrected chi connectivity index (χ0v) is 14.2. The molecule has 122 valence electrons. The summed E-state index contributed by atoms with van der Waals surface area (Å²) in [5, 5.41) is 3.28. The van der Waals surface area contributed by atoms with Gasteiger partial charge in [-0.3, -0.25) is 4.79 Å². The van der Waals surface area contributed by atoms with Crippen molar-refractivity contribution in [2.24, 2.45) is 0 Å². The molecule has 1 heterocycles. The molecule has 0 saturated carbocycles. The van der Waals surface area contributed by atoms with Gasteiger partial charge in [-0.15, -0.1) is 12.4 Å². The Kier molecular flexibility index (Phi) is 6.20. The number of hydrogen-bond donors (Lipinski definition) is 1. The molecule has 0 spiro atoms. The van der Waals surface area contributed by atoms with Gasteiger partial charge in [0, 0.05) is 24.7 Å². The average Bonchev–Trinajstić information content (AvgIpc) is 2.62. The van der Waals surface area contributed by atoms with Crippen LogP contribution in [0.1, 0.15) is 23.2 Å². The van der Waals surface area contributed by atoms with E-state index < -0.39 is 0 Å². The Balaban J connectivity index is 0.00000192. The molecular formula is C19H23ClN2O. The lowest BCUT2D eigenvalue weighted by molar-refractivity contribution is 0.0698. The Labute approximate surface area is 144 Å². The minimum atomic E-state index is 0. The van der Waals surface area contributed by atoms with Crippen molar-refractivity contribution in [2.45, 2.75) is 18.9 Å². The Hall–Kier alpha value is -1.84. The van der Waals surface area contributed by atoms with E-state index in [1.807, 2.05) is 54.4 Å². The third kappa shape index (κ3) is 4.12. The first-order chi connectivity index (χ1) is 10.8. The summed E-state index contributed by atoms with van der Waals surface area (Å²) >= 11 is 0. The van der Waals surface area contributed by atoms with Gasteiger partial charge in [0.15, 0.2) is 0 Å². The second-order valence-electron chi connectivity index (χ2n) is 5.82. The van der Waals surface area contributed by atoms with Crippen LogP contribution in [-0.2, 0) is 0 Å². The molecule has 2 aromatic rings. The van der Waals surface area contributed by atoms with Gasteiger partial charge in [0.05, 0.1) is 0 Å². The van der Waals surface area contributed by atoms with Gasteiger partial charge >= 0.3 is 0 Å². The summed E-state index contributed by atoms with van der Waals surface area (Å²) in [4.78, 5) is 14.6. The van der Waals surface area contributed by atoms with Crippen molar-refractivity contribution < 1.29 is 4.79 Å². The summed E-state index contributed by atoms with van der Waals surface area (Å²) in [7, 11) is 1.97. The van der Waals surface area contributed by atoms with Gasteiger partial charge < -0.3 is 10.2 Å². The van der Waals surface area contributed by atoms with E-state index in [1.54, 1.807) is 0 Å². The maximum absolute atomic E-state index is 12.6. The lowest BCUT2D eigenvalue weighted by Crippen LogP contribution is -2.46. The van der Waals surface area contributed by atoms with Crippen LogP contribution in [-0.4, -0.2) is 37.0 Å². The molecule has 3 nitrogen and oxygen atoms in total. The molecule has 1 unspecified atom stereocenters. The number of carbonyl (C=O) groups is 1. The number of likely N-dealkylation sites (N-methyl/N-ethyl adjacent to an activating group) is 1. The number of halogens is 1. The number of nitrogens with zero attached hydrogens (tertiary/aromatic N) is 1. The zero-order chi connectivity index (χ0) is 15.4. The van der Waals surface area contributed by atoms with Crippen LogP contribution in [0.4, 0.5) is 0 Å². The second-order valence-corrected chi connectivity index (χ2v) is 5.82. The molecule has 0 aromatic heterocycles. The Morgan fingerprint density at radius 1 is 1.04 bits per heavy atom. The highest BCUT2D eigenvalue weighted by molar-refractivity contribution is 5.94. The van der Waals surface area contributed by atoms with E-state index >= 15 is 0 Å². The number of rotatable bonds is 3. The molecule has 23 heavy (non-hydrogen) atoms. The standard InChI is InChI=1S/C19H22N2O.ClH/c1-20-18-8-5-13-21(14-18)19(22)17-11-9-16(10-12-17)15-6-3-2-4-7-15;/h2-4,6-7,9-12,18,20H,5,8,13-14H2,1H3;1H. The van der Waals surface area contributed by atoms with Gasteiger partial charge in [-0.25, -0.2) is 0 Å². The second kappa shape index (κ2) is 8.14. The third-order valence-corrected chi connectivity index (χ3v) is 4.36. The van der Waals surface area contributed by atoms with Gasteiger partial charge in [-0.2, -0.15) is 0 Å². The van der Waals surface area contributed by atoms with E-state index in [1.165, 1.54) is 5.56 Å². The maximum atomic E-state index is 12.6. The highest BCUT2D eigenvalue weighted by Crippen LogP contribution is 2.20. The average molecular weight is 331 g/mol. The molecule has 0 bridgehead atoms. The van der Waals surface area contributed by atoms with Crippen molar-refractivity contribution in [1.82, 2.24) is 10.2 Å². The first-order valence-corrected chi connectivity index (χ1v) is 7.90. The third-order valence-electron chi connectivity index (χ3n) is 4.36. The molecule has 4 heteroatoms. The normalized spacial score (nSPS) is 17.4. The van der Waals surface area contributed by atoms with Crippen molar-refractivity contribution in [1.29, 1.82) is 0 Å². The minimum Gasteiger partial charge on any atom is -0.337 e. The fourth-order valence-electron chi connectivity index (χ4n) is 3.02. The molecule has 1 aliphatic rings. The summed E-state index contributed by atoms with van der Waals surface area (Å²) in [5.41, 5.74) is 3.09. The quantitative estimate of drug-likeness (QED) is 0.932. The topological polar surface area (TPSA) is 32.3 Å². The van der Waals surface area contributed by atoms with Gasteiger partial charge in [0.25, 0.3) is 5.91 Å². The van der Waals surface area contributed by atoms with Crippen molar-refractivity contribution in [3.8, 4) is 11.1 Å². The molecule has 2 aromatic carbocycles. The number of carbonyl (C=O) groups excluding carboxylic acids is 1. The highest BCUT2D eigenvalue weighted by atomic mass is 35.5. The van der Waals surface area contributed by atoms with E-state index in [-0.39, 0.29) is 18.3 Å². The maximum Gasteiger partial charge on any atom is 0.253 e. The Morgan fingerprint density at radius 3 is 2.35 bits per heavy atom. The van der Waals surface area contributed by atoms with Crippen LogP contribution in [0.2, 0.25) is 0 Å². The molecular weight excluding hydrogens is 308 g/mol. The first-order valence-electron chi connectivity index (χ1n) is 7.90. The fraction of sp³-hybridized carbons (Fsp3) is 0.316. The van der Waals surface area contributed by atoms with Crippen LogP contribution < -0.4 is 5.32 Å². The number of likely N-dealkylation sites (tertiary alicyclic amines) is 1. The number of hydrogen-bond acceptors (Lipinski definition) is 2. The summed E-state index contributed by atoms with van der Waals surface area (Å²) < 4.78 is 0. The smallest absolute Gasteiger partial charge is 0.253 e. The SMILES string of the molecule is CNC1CCCN(C(=O)c2ccc(-c3ccccc3)cc2)C1.Cl. The minimum absolute atomic E-state index is 0. The van der Waals surface area contributed by atoms with E-state index in [0.717, 1.165) is 37.1 Å². The lowest BCUT2D eigenvalue weighted by atomic mass is 10.0. The summed E-state index contributed by atoms with van der Waals surface area (Å²) in [6.07, 6.45) is 2.21. The van der Waals surface area contributed by atoms with Crippen LogP contribution in [0.5, 0.6) is 0 Å². The lowest BCUT2D eigenvalue weighted by Gasteiger charge is -2.32. The molecule has 3 rings (SSSR count). The largest absolute Gasteiger partial charge is 0.337 e. The molecule has 1 amide bonds. The predicted octanol–water partition coefficient (Wildman–Crippen LogP) is 3.60. The van der Waals surface area contributed by atoms with Gasteiger partial charge in [0.1, 0.15) is 0 Å². The van der Waals surface area contributed by atoms with Crippen LogP contribution >= 0.6 is 12.4 Å². The van der Waals surface area contributed by atoms with E-state index in [0.29, 0.717) is 6.04 Å². The van der Waals surface area contributed by atoms with Gasteiger partial charge in [-0.1, -0.05) is 42.5 Å². The fourth-order valence-corrected chi connectivity index (χ4v) is 3.02. The van der Waals surface area contributed by atoms with Crippen molar-refractivity contribution >= 4 is 18.3 Å². The van der Waals surface area contributed by atoms with Gasteiger partial charge in [0.2, 0.25) is 0 Å². The zero-order valence-electron chi connectivity index (χ0n) is 13.4. The van der Waals surface area contributed by atoms with Gasteiger partial charge in [-0.05, 0) is 43.1 Å². The Morgan fingerprint density at radius 2 is 1.70 bits per heavy atom. The summed E-state index contributed by atoms with van der Waals surface area (Å²) in [5.74, 6) is 0.138. The first kappa shape index (κ1) is 17.5. The van der Waals surface area contributed by atoms with Crippen molar-refractivity contribution in [2.75, 3.05) is 20.1 Å². The van der Waals surface area contributed by atoms with Crippen LogP contribution in [0.15, 0.2) is 54.6 Å². The van der Waals surface area contributed by atoms with Crippen molar-refractivity contribution in [3.63, 3.8) is 0 Å². The molecule has 1 atom stereocenters. The predicted molar refractivity (Wildman–Crippen MR) is 97.1 cm³/mol. The molecule has 1 fully saturated rings. The monoisotopic (exact) mass is 330 g/mol. The summed E-state index contributed by atoms with van der Waals surface area (Å²) in [6.45, 7) is 1.66. The number of amides is 1. The van der Waals surface area contributed by atoms with Crippen LogP contribution in [0.3, 0.4) is 0 Å². The molecule has 0 radical (unpaired) electrons. The van der Waals surface area contributed by atoms with Crippen LogP contribution in [0, 0.1) is 0 Å².